The Morgan fingerprint density at radius 3 is 0.882 bits per heavy atom. The molecule has 0 amide bonds. The molecule has 0 aromatic heterocycles. The Balaban J connectivity index is 5.03. The third-order valence-corrected chi connectivity index (χ3v) is 49.4. The van der Waals surface area contributed by atoms with Gasteiger partial charge in [-0.2, -0.15) is 0 Å². The Labute approximate surface area is 127 Å². The van der Waals surface area contributed by atoms with E-state index in [4.69, 9.17) is 11.8 Å². The van der Waals surface area contributed by atoms with E-state index in [1.165, 1.54) is 0 Å². The molecule has 8 heteroatoms. The zero-order chi connectivity index (χ0) is 14.1. The molecule has 0 heterocycles. The van der Waals surface area contributed by atoms with Crippen molar-refractivity contribution in [3.8, 4) is 0 Å². The molecule has 0 aliphatic carbocycles. The van der Waals surface area contributed by atoms with E-state index >= 15 is 0 Å². The Morgan fingerprint density at radius 2 is 0.765 bits per heavy atom. The van der Waals surface area contributed by atoms with E-state index in [2.05, 4.69) is 91.4 Å². The Hall–Kier alpha value is 2.35. The van der Waals surface area contributed by atoms with Crippen LogP contribution in [0.25, 0.3) is 0 Å². The second-order valence-corrected chi connectivity index (χ2v) is 49.5. The molecule has 0 atom stereocenters. The van der Waals surface area contributed by atoms with Crippen molar-refractivity contribution in [2.24, 2.45) is 0 Å². The van der Waals surface area contributed by atoms with Crippen LogP contribution in [0.15, 0.2) is 0 Å². The predicted octanol–water partition coefficient (Wildman–Crippen LogP) is 6.92. The molecule has 17 heavy (non-hydrogen) atoms. The summed E-state index contributed by atoms with van der Waals surface area (Å²) in [5.74, 6) is 0. The van der Waals surface area contributed by atoms with Gasteiger partial charge in [0, 0.05) is 0 Å². The van der Waals surface area contributed by atoms with Crippen LogP contribution in [0, 0.1) is 0 Å². The first-order valence-corrected chi connectivity index (χ1v) is 25.6. The van der Waals surface area contributed by atoms with E-state index in [1.54, 1.807) is 0 Å². The monoisotopic (exact) mass is 378 g/mol. The first-order chi connectivity index (χ1) is 7.12. The van der Waals surface area contributed by atoms with Crippen molar-refractivity contribution in [2.75, 3.05) is 0 Å². The third kappa shape index (κ3) is 11.8. The maximum Gasteiger partial charge on any atom is 0.116 e. The van der Waals surface area contributed by atoms with E-state index in [9.17, 15) is 0 Å². The van der Waals surface area contributed by atoms with Crippen molar-refractivity contribution in [1.82, 2.24) is 0 Å². The summed E-state index contributed by atoms with van der Waals surface area (Å²) < 4.78 is -1.32. The van der Waals surface area contributed by atoms with Crippen LogP contribution in [0.2, 0.25) is 58.9 Å². The fourth-order valence-electron chi connectivity index (χ4n) is 1.06. The fraction of sp³-hybridized carbons (Fsp3) is 1.00. The predicted molar refractivity (Wildman–Crippen MR) is 107 cm³/mol. The highest BCUT2D eigenvalue weighted by Crippen LogP contribution is 2.83. The smallest absolute Gasteiger partial charge is 0.116 e. The highest BCUT2D eigenvalue weighted by molar-refractivity contribution is 9.32. The molecule has 0 unspecified atom stereocenters. The zero-order valence-corrected chi connectivity index (χ0v) is 19.7. The molecular weight excluding hydrogens is 352 g/mol. The SMILES string of the molecule is C[Si](C)(C)SP(=S)(S[Si](C)(C)C)S[Si](C)(C)C. The maximum absolute atomic E-state index is 6.15. The van der Waals surface area contributed by atoms with E-state index in [0.717, 1.165) is 0 Å². The quantitative estimate of drug-likeness (QED) is 0.363. The summed E-state index contributed by atoms with van der Waals surface area (Å²) in [5.41, 5.74) is 0. The number of hydrogen-bond acceptors (Lipinski definition) is 4. The minimum Gasteiger partial charge on any atom is -0.131 e. The summed E-state index contributed by atoms with van der Waals surface area (Å²) in [5, 5.41) is 0. The standard InChI is InChI=1S/C9H27PS4Si3/c1-15(2,3)12-10(11,13-16(4,5)6)14-17(7,8)9/h1-9H3. The Bertz CT molecular complexity index is 253. The molecule has 0 rings (SSSR count). The van der Waals surface area contributed by atoms with Gasteiger partial charge in [0.25, 0.3) is 0 Å². The maximum atomic E-state index is 6.15. The molecule has 104 valence electrons. The van der Waals surface area contributed by atoms with Crippen molar-refractivity contribution in [1.29, 1.82) is 0 Å². The third-order valence-electron chi connectivity index (χ3n) is 1.16. The molecule has 0 aliphatic heterocycles. The molecule has 0 saturated carbocycles. The molecule has 0 radical (unpaired) electrons. The van der Waals surface area contributed by atoms with Gasteiger partial charge in [-0.25, -0.2) is 0 Å². The first-order valence-electron chi connectivity index (χ1n) is 5.84. The Kier molecular flexibility index (Phi) is 7.30. The van der Waals surface area contributed by atoms with Crippen LogP contribution in [0.4, 0.5) is 0 Å². The van der Waals surface area contributed by atoms with Crippen molar-refractivity contribution >= 4 is 69.6 Å². The normalized spacial score (nSPS) is 15.1. The van der Waals surface area contributed by atoms with E-state index in [0.29, 0.717) is 0 Å². The molecule has 0 bridgehead atoms. The van der Waals surface area contributed by atoms with Crippen molar-refractivity contribution in [2.45, 2.75) is 58.9 Å². The lowest BCUT2D eigenvalue weighted by molar-refractivity contribution is 1.88. The lowest BCUT2D eigenvalue weighted by Crippen LogP contribution is -2.19. The van der Waals surface area contributed by atoms with Crippen LogP contribution in [-0.4, -0.2) is 21.7 Å². The molecular formula is C9H27PS4Si3. The fourth-order valence-corrected chi connectivity index (χ4v) is 95.1. The van der Waals surface area contributed by atoms with Crippen molar-refractivity contribution in [3.63, 3.8) is 0 Å². The number of rotatable bonds is 6. The summed E-state index contributed by atoms with van der Waals surface area (Å²) in [7, 11) is 3.27. The van der Waals surface area contributed by atoms with E-state index < -0.39 is 25.3 Å². The van der Waals surface area contributed by atoms with Crippen molar-refractivity contribution < 1.29 is 0 Å². The van der Waals surface area contributed by atoms with Gasteiger partial charge in [0.2, 0.25) is 0 Å². The summed E-state index contributed by atoms with van der Waals surface area (Å²) >= 11 is 6.15. The van der Waals surface area contributed by atoms with Gasteiger partial charge in [-0.3, -0.25) is 0 Å². The molecule has 0 fully saturated rings. The average Bonchev–Trinajstić information content (AvgIpc) is 1.65. The van der Waals surface area contributed by atoms with Gasteiger partial charge in [-0.15, -0.1) is 32.5 Å². The lowest BCUT2D eigenvalue weighted by Gasteiger charge is -2.35. The highest BCUT2D eigenvalue weighted by Gasteiger charge is 2.36. The van der Waals surface area contributed by atoms with Crippen LogP contribution in [-0.2, 0) is 11.8 Å². The molecule has 0 saturated heterocycles. The summed E-state index contributed by atoms with van der Waals surface area (Å²) in [6.45, 7) is 21.9. The largest absolute Gasteiger partial charge is 0.131 e. The van der Waals surface area contributed by atoms with E-state index in [1.807, 2.05) is 0 Å². The summed E-state index contributed by atoms with van der Waals surface area (Å²) in [6, 6.07) is 0. The van der Waals surface area contributed by atoms with Crippen molar-refractivity contribution in [3.05, 3.63) is 0 Å². The van der Waals surface area contributed by atoms with Crippen LogP contribution in [0.3, 0.4) is 0 Å². The second-order valence-electron chi connectivity index (χ2n) is 7.06. The molecule has 0 aromatic rings. The first kappa shape index (κ1) is 19.4. The van der Waals surface area contributed by atoms with Crippen LogP contribution in [0.5, 0.6) is 0 Å². The number of hydrogen-bond donors (Lipinski definition) is 0. The molecule has 0 nitrogen and oxygen atoms in total. The highest BCUT2D eigenvalue weighted by atomic mass is 33.6. The second kappa shape index (κ2) is 6.41. The molecule has 0 aromatic carbocycles. The van der Waals surface area contributed by atoms with Gasteiger partial charge < -0.3 is 0 Å². The summed E-state index contributed by atoms with van der Waals surface area (Å²) in [6.07, 6.45) is 0. The minimum atomic E-state index is -1.32. The van der Waals surface area contributed by atoms with Crippen LogP contribution >= 0.6 is 36.1 Å². The van der Waals surface area contributed by atoms with E-state index in [-0.39, 0.29) is 0 Å². The van der Waals surface area contributed by atoms with Crippen LogP contribution in [0.1, 0.15) is 0 Å². The van der Waals surface area contributed by atoms with Gasteiger partial charge in [-0.05, 0) is 0 Å². The lowest BCUT2D eigenvalue weighted by atomic mass is 11.8. The van der Waals surface area contributed by atoms with Gasteiger partial charge in [0.05, 0.1) is 3.64 Å². The van der Waals surface area contributed by atoms with Gasteiger partial charge in [0.1, 0.15) is 21.7 Å². The average molecular weight is 379 g/mol. The minimum absolute atomic E-state index is 1.13. The zero-order valence-electron chi connectivity index (χ0n) is 12.6. The van der Waals surface area contributed by atoms with Gasteiger partial charge >= 0.3 is 0 Å². The van der Waals surface area contributed by atoms with Gasteiger partial charge in [-0.1, -0.05) is 70.7 Å². The molecule has 0 N–H and O–H groups in total. The molecule has 0 aliphatic rings. The molecule has 0 spiro atoms. The van der Waals surface area contributed by atoms with Gasteiger partial charge in [0.15, 0.2) is 0 Å². The Morgan fingerprint density at radius 1 is 0.588 bits per heavy atom. The van der Waals surface area contributed by atoms with Crippen LogP contribution < -0.4 is 0 Å². The summed E-state index contributed by atoms with van der Waals surface area (Å²) in [4.78, 5) is 0. The topological polar surface area (TPSA) is 0 Å².